The fourth-order valence-corrected chi connectivity index (χ4v) is 4.52. The Morgan fingerprint density at radius 2 is 0.733 bits per heavy atom. The molecule has 0 amide bonds. The van der Waals surface area contributed by atoms with Gasteiger partial charge in [-0.05, 0) is 31.6 Å². The molecule has 1 unspecified atom stereocenters. The van der Waals surface area contributed by atoms with Crippen molar-refractivity contribution < 1.29 is 0 Å². The van der Waals surface area contributed by atoms with Gasteiger partial charge in [0, 0.05) is 0 Å². The standard InChI is InChI=1S/C30H60/c1-4-6-8-10-12-14-15-16-17-18-19-20-21-23-25-27-29-30(3)28-26-24-22-13-11-9-7-5-2/h13,22,30H,4-12,14-21,23-29H2,1-3H3/b22-13+. The van der Waals surface area contributed by atoms with Crippen molar-refractivity contribution in [3.8, 4) is 0 Å². The van der Waals surface area contributed by atoms with Crippen LogP contribution in [0.4, 0.5) is 0 Å². The van der Waals surface area contributed by atoms with Gasteiger partial charge in [-0.1, -0.05) is 161 Å². The number of allylic oxidation sites excluding steroid dienone is 2. The molecule has 0 aliphatic carbocycles. The summed E-state index contributed by atoms with van der Waals surface area (Å²) in [6.07, 6.45) is 39.3. The van der Waals surface area contributed by atoms with Gasteiger partial charge in [-0.3, -0.25) is 0 Å². The first-order valence-electron chi connectivity index (χ1n) is 14.5. The van der Waals surface area contributed by atoms with Crippen LogP contribution in [0.3, 0.4) is 0 Å². The molecule has 1 atom stereocenters. The monoisotopic (exact) mass is 420 g/mol. The maximum absolute atomic E-state index is 2.47. The molecule has 0 N–H and O–H groups in total. The van der Waals surface area contributed by atoms with Gasteiger partial charge in [0.2, 0.25) is 0 Å². The Hall–Kier alpha value is -0.260. The van der Waals surface area contributed by atoms with Crippen molar-refractivity contribution in [2.45, 2.75) is 175 Å². The molecule has 0 aromatic rings. The second-order valence-corrected chi connectivity index (χ2v) is 10.1. The zero-order chi connectivity index (χ0) is 22.0. The van der Waals surface area contributed by atoms with Gasteiger partial charge in [0.15, 0.2) is 0 Å². The van der Waals surface area contributed by atoms with E-state index in [2.05, 4.69) is 32.9 Å². The van der Waals surface area contributed by atoms with Gasteiger partial charge in [-0.2, -0.15) is 0 Å². The van der Waals surface area contributed by atoms with Crippen molar-refractivity contribution in [2.75, 3.05) is 0 Å². The Labute approximate surface area is 193 Å². The Morgan fingerprint density at radius 3 is 1.20 bits per heavy atom. The molecule has 0 heterocycles. The summed E-state index contributed by atoms with van der Waals surface area (Å²) in [5.74, 6) is 0.935. The number of hydrogen-bond donors (Lipinski definition) is 0. The summed E-state index contributed by atoms with van der Waals surface area (Å²) in [6, 6.07) is 0. The van der Waals surface area contributed by atoms with Crippen LogP contribution < -0.4 is 0 Å². The van der Waals surface area contributed by atoms with Gasteiger partial charge >= 0.3 is 0 Å². The van der Waals surface area contributed by atoms with E-state index in [-0.39, 0.29) is 0 Å². The summed E-state index contributed by atoms with van der Waals surface area (Å²) in [5.41, 5.74) is 0. The van der Waals surface area contributed by atoms with E-state index in [1.807, 2.05) is 0 Å². The third-order valence-corrected chi connectivity index (χ3v) is 6.76. The highest BCUT2D eigenvalue weighted by Crippen LogP contribution is 2.18. The minimum absolute atomic E-state index is 0.935. The molecule has 180 valence electrons. The Balaban J connectivity index is 3.16. The van der Waals surface area contributed by atoms with Crippen molar-refractivity contribution in [2.24, 2.45) is 5.92 Å². The largest absolute Gasteiger partial charge is 0.0885 e. The third kappa shape index (κ3) is 25.8. The first-order valence-corrected chi connectivity index (χ1v) is 14.5. The lowest BCUT2D eigenvalue weighted by Crippen LogP contribution is -1.94. The van der Waals surface area contributed by atoms with Gasteiger partial charge in [0.25, 0.3) is 0 Å². The normalized spacial score (nSPS) is 12.8. The van der Waals surface area contributed by atoms with E-state index in [9.17, 15) is 0 Å². The summed E-state index contributed by atoms with van der Waals surface area (Å²) in [4.78, 5) is 0. The van der Waals surface area contributed by atoms with Crippen LogP contribution in [-0.4, -0.2) is 0 Å². The summed E-state index contributed by atoms with van der Waals surface area (Å²) in [5, 5.41) is 0. The molecule has 0 spiro atoms. The van der Waals surface area contributed by atoms with Crippen molar-refractivity contribution in [3.05, 3.63) is 12.2 Å². The van der Waals surface area contributed by atoms with E-state index >= 15 is 0 Å². The maximum Gasteiger partial charge on any atom is -0.0351 e. The zero-order valence-corrected chi connectivity index (χ0v) is 21.7. The minimum atomic E-state index is 0.935. The fourth-order valence-electron chi connectivity index (χ4n) is 4.52. The maximum atomic E-state index is 2.47. The molecule has 0 nitrogen and oxygen atoms in total. The molecular formula is C30H60. The molecule has 0 aliphatic heterocycles. The predicted octanol–water partition coefficient (Wildman–Crippen LogP) is 11.6. The predicted molar refractivity (Wildman–Crippen MR) is 140 cm³/mol. The smallest absolute Gasteiger partial charge is 0.0351 e. The van der Waals surface area contributed by atoms with Gasteiger partial charge in [-0.15, -0.1) is 0 Å². The first kappa shape index (κ1) is 29.7. The second kappa shape index (κ2) is 26.8. The lowest BCUT2D eigenvalue weighted by Gasteiger charge is -2.10. The molecule has 0 aliphatic rings. The fraction of sp³-hybridized carbons (Fsp3) is 0.933. The average Bonchev–Trinajstić information content (AvgIpc) is 2.75. The van der Waals surface area contributed by atoms with Crippen molar-refractivity contribution >= 4 is 0 Å². The Morgan fingerprint density at radius 1 is 0.400 bits per heavy atom. The molecule has 0 saturated carbocycles. The quantitative estimate of drug-likeness (QED) is 0.102. The highest BCUT2D eigenvalue weighted by molar-refractivity contribution is 4.81. The molecule has 0 fully saturated rings. The average molecular weight is 421 g/mol. The van der Waals surface area contributed by atoms with E-state index in [0.29, 0.717) is 0 Å². The summed E-state index contributed by atoms with van der Waals surface area (Å²) >= 11 is 0. The van der Waals surface area contributed by atoms with Crippen LogP contribution in [0.1, 0.15) is 175 Å². The summed E-state index contributed by atoms with van der Waals surface area (Å²) in [7, 11) is 0. The number of hydrogen-bond acceptors (Lipinski definition) is 0. The summed E-state index contributed by atoms with van der Waals surface area (Å²) in [6.45, 7) is 7.05. The van der Waals surface area contributed by atoms with Crippen molar-refractivity contribution in [1.29, 1.82) is 0 Å². The van der Waals surface area contributed by atoms with Gasteiger partial charge in [0.1, 0.15) is 0 Å². The minimum Gasteiger partial charge on any atom is -0.0885 e. The van der Waals surface area contributed by atoms with Crippen LogP contribution in [-0.2, 0) is 0 Å². The Bertz CT molecular complexity index is 316. The van der Waals surface area contributed by atoms with E-state index in [1.165, 1.54) is 154 Å². The molecule has 0 heteroatoms. The molecule has 0 rings (SSSR count). The van der Waals surface area contributed by atoms with E-state index in [4.69, 9.17) is 0 Å². The van der Waals surface area contributed by atoms with Crippen LogP contribution in [0.5, 0.6) is 0 Å². The van der Waals surface area contributed by atoms with Crippen LogP contribution in [0.25, 0.3) is 0 Å². The van der Waals surface area contributed by atoms with Crippen molar-refractivity contribution in [1.82, 2.24) is 0 Å². The molecule has 0 aromatic heterocycles. The van der Waals surface area contributed by atoms with Crippen LogP contribution >= 0.6 is 0 Å². The highest BCUT2D eigenvalue weighted by Gasteiger charge is 2.01. The van der Waals surface area contributed by atoms with Crippen LogP contribution in [0, 0.1) is 5.92 Å². The first-order chi connectivity index (χ1) is 14.8. The lowest BCUT2D eigenvalue weighted by molar-refractivity contribution is 0.443. The van der Waals surface area contributed by atoms with Gasteiger partial charge in [0.05, 0.1) is 0 Å². The lowest BCUT2D eigenvalue weighted by atomic mass is 9.96. The Kier molecular flexibility index (Phi) is 26.5. The van der Waals surface area contributed by atoms with E-state index in [1.54, 1.807) is 0 Å². The zero-order valence-electron chi connectivity index (χ0n) is 21.7. The number of unbranched alkanes of at least 4 members (excludes halogenated alkanes) is 19. The molecule has 0 saturated heterocycles. The van der Waals surface area contributed by atoms with Gasteiger partial charge in [-0.25, -0.2) is 0 Å². The van der Waals surface area contributed by atoms with E-state index in [0.717, 1.165) is 5.92 Å². The SMILES string of the molecule is CCCCC/C=C/CCCC(C)CCCCCCCCCCCCCCCCCC. The molecule has 0 radical (unpaired) electrons. The molecule has 0 aromatic carbocycles. The molecule has 0 bridgehead atoms. The molecular weight excluding hydrogens is 360 g/mol. The highest BCUT2D eigenvalue weighted by atomic mass is 14.1. The van der Waals surface area contributed by atoms with E-state index < -0.39 is 0 Å². The topological polar surface area (TPSA) is 0 Å². The van der Waals surface area contributed by atoms with Crippen molar-refractivity contribution in [3.63, 3.8) is 0 Å². The van der Waals surface area contributed by atoms with Crippen LogP contribution in [0.2, 0.25) is 0 Å². The van der Waals surface area contributed by atoms with Crippen LogP contribution in [0.15, 0.2) is 12.2 Å². The number of rotatable bonds is 25. The third-order valence-electron chi connectivity index (χ3n) is 6.76. The molecule has 30 heavy (non-hydrogen) atoms. The summed E-state index contributed by atoms with van der Waals surface area (Å²) < 4.78 is 0. The van der Waals surface area contributed by atoms with Gasteiger partial charge < -0.3 is 0 Å². The second-order valence-electron chi connectivity index (χ2n) is 10.1.